The van der Waals surface area contributed by atoms with Crippen LogP contribution in [-0.2, 0) is 6.18 Å². The summed E-state index contributed by atoms with van der Waals surface area (Å²) in [6.07, 6.45) is -4.36. The molecule has 0 unspecified atom stereocenters. The van der Waals surface area contributed by atoms with Crippen molar-refractivity contribution >= 4 is 17.4 Å². The van der Waals surface area contributed by atoms with E-state index in [0.29, 0.717) is 31.9 Å². The third-order valence-corrected chi connectivity index (χ3v) is 5.26. The van der Waals surface area contributed by atoms with Crippen LogP contribution in [0.5, 0.6) is 0 Å². The lowest BCUT2D eigenvalue weighted by atomic mass is 9.98. The van der Waals surface area contributed by atoms with Gasteiger partial charge in [0.1, 0.15) is 0 Å². The maximum Gasteiger partial charge on any atom is 0.416 e. The molecule has 1 aliphatic heterocycles. The molecule has 2 aromatic rings. The van der Waals surface area contributed by atoms with Crippen molar-refractivity contribution in [3.05, 3.63) is 59.2 Å². The van der Waals surface area contributed by atoms with E-state index < -0.39 is 11.7 Å². The number of benzene rings is 2. The molecule has 0 aromatic heterocycles. The topological polar surface area (TPSA) is 35.6 Å². The Morgan fingerprint density at radius 2 is 1.69 bits per heavy atom. The SMILES string of the molecule is Cc1cccc(C(C)C)c1NC(=O)N1CCN(c2cccc(C(F)(F)F)c2)CC1. The minimum atomic E-state index is -4.36. The normalized spacial score (nSPS) is 15.0. The van der Waals surface area contributed by atoms with Gasteiger partial charge in [-0.05, 0) is 42.2 Å². The average Bonchev–Trinajstić information content (AvgIpc) is 2.69. The number of piperazine rings is 1. The molecular formula is C22H26F3N3O. The molecule has 1 heterocycles. The van der Waals surface area contributed by atoms with Gasteiger partial charge in [0.15, 0.2) is 0 Å². The number of hydrogen-bond donors (Lipinski definition) is 1. The van der Waals surface area contributed by atoms with E-state index in [9.17, 15) is 18.0 Å². The Morgan fingerprint density at radius 3 is 2.31 bits per heavy atom. The number of amides is 2. The third-order valence-electron chi connectivity index (χ3n) is 5.26. The maximum absolute atomic E-state index is 13.0. The molecule has 2 aromatic carbocycles. The van der Waals surface area contributed by atoms with Crippen molar-refractivity contribution in [2.24, 2.45) is 0 Å². The second-order valence-corrected chi connectivity index (χ2v) is 7.65. The molecule has 3 rings (SSSR count). The number of nitrogens with zero attached hydrogens (tertiary/aromatic N) is 2. The van der Waals surface area contributed by atoms with Gasteiger partial charge < -0.3 is 15.1 Å². The summed E-state index contributed by atoms with van der Waals surface area (Å²) in [6, 6.07) is 11.1. The second kappa shape index (κ2) is 8.35. The average molecular weight is 405 g/mol. The number of urea groups is 1. The largest absolute Gasteiger partial charge is 0.416 e. The van der Waals surface area contributed by atoms with E-state index in [1.54, 1.807) is 11.0 Å². The van der Waals surface area contributed by atoms with Gasteiger partial charge >= 0.3 is 12.2 Å². The number of carbonyl (C=O) groups excluding carboxylic acids is 1. The van der Waals surface area contributed by atoms with Gasteiger partial charge in [-0.3, -0.25) is 0 Å². The van der Waals surface area contributed by atoms with Crippen LogP contribution in [0.3, 0.4) is 0 Å². The van der Waals surface area contributed by atoms with E-state index in [2.05, 4.69) is 19.2 Å². The Bertz CT molecular complexity index is 872. The molecule has 1 aliphatic rings. The van der Waals surface area contributed by atoms with E-state index in [0.717, 1.165) is 28.9 Å². The number of aryl methyl sites for hydroxylation is 1. The van der Waals surface area contributed by atoms with Crippen molar-refractivity contribution < 1.29 is 18.0 Å². The Hall–Kier alpha value is -2.70. The summed E-state index contributed by atoms with van der Waals surface area (Å²) in [5.74, 6) is 0.281. The molecule has 0 aliphatic carbocycles. The quantitative estimate of drug-likeness (QED) is 0.733. The highest BCUT2D eigenvalue weighted by molar-refractivity contribution is 5.91. The Kier molecular flexibility index (Phi) is 6.05. The van der Waals surface area contributed by atoms with Gasteiger partial charge in [-0.25, -0.2) is 4.79 Å². The minimum absolute atomic E-state index is 0.176. The van der Waals surface area contributed by atoms with E-state index in [-0.39, 0.29) is 11.9 Å². The fourth-order valence-corrected chi connectivity index (χ4v) is 3.57. The van der Waals surface area contributed by atoms with Gasteiger partial charge in [0.25, 0.3) is 0 Å². The highest BCUT2D eigenvalue weighted by atomic mass is 19.4. The molecule has 0 bridgehead atoms. The van der Waals surface area contributed by atoms with Gasteiger partial charge in [0.2, 0.25) is 0 Å². The zero-order chi connectivity index (χ0) is 21.2. The van der Waals surface area contributed by atoms with Crippen LogP contribution in [0.2, 0.25) is 0 Å². The van der Waals surface area contributed by atoms with Crippen molar-refractivity contribution in [2.75, 3.05) is 36.4 Å². The first-order chi connectivity index (χ1) is 13.7. The van der Waals surface area contributed by atoms with E-state index in [1.807, 2.05) is 30.0 Å². The zero-order valence-corrected chi connectivity index (χ0v) is 16.9. The number of alkyl halides is 3. The molecule has 4 nitrogen and oxygen atoms in total. The molecule has 1 N–H and O–H groups in total. The maximum atomic E-state index is 13.0. The van der Waals surface area contributed by atoms with Crippen molar-refractivity contribution in [2.45, 2.75) is 32.9 Å². The minimum Gasteiger partial charge on any atom is -0.368 e. The summed E-state index contributed by atoms with van der Waals surface area (Å²) in [5, 5.41) is 3.03. The van der Waals surface area contributed by atoms with E-state index >= 15 is 0 Å². The second-order valence-electron chi connectivity index (χ2n) is 7.65. The molecule has 0 spiro atoms. The number of hydrogen-bond acceptors (Lipinski definition) is 2. The number of carbonyl (C=O) groups is 1. The smallest absolute Gasteiger partial charge is 0.368 e. The van der Waals surface area contributed by atoms with Crippen molar-refractivity contribution in [1.82, 2.24) is 4.90 Å². The van der Waals surface area contributed by atoms with Crippen LogP contribution in [0.1, 0.15) is 36.5 Å². The van der Waals surface area contributed by atoms with Crippen molar-refractivity contribution in [3.8, 4) is 0 Å². The first-order valence-corrected chi connectivity index (χ1v) is 9.74. The van der Waals surface area contributed by atoms with Gasteiger partial charge in [0.05, 0.1) is 5.56 Å². The summed E-state index contributed by atoms with van der Waals surface area (Å²) >= 11 is 0. The van der Waals surface area contributed by atoms with Crippen molar-refractivity contribution in [3.63, 3.8) is 0 Å². The molecule has 1 fully saturated rings. The molecule has 29 heavy (non-hydrogen) atoms. The molecule has 0 atom stereocenters. The third kappa shape index (κ3) is 4.83. The lowest BCUT2D eigenvalue weighted by Gasteiger charge is -2.36. The summed E-state index contributed by atoms with van der Waals surface area (Å²) in [7, 11) is 0. The van der Waals surface area contributed by atoms with Crippen LogP contribution in [0.4, 0.5) is 29.3 Å². The molecule has 0 radical (unpaired) electrons. The molecule has 1 saturated heterocycles. The lowest BCUT2D eigenvalue weighted by Crippen LogP contribution is -2.50. The van der Waals surface area contributed by atoms with Crippen LogP contribution < -0.4 is 10.2 Å². The Labute approximate surface area is 169 Å². The predicted molar refractivity (Wildman–Crippen MR) is 110 cm³/mol. The van der Waals surface area contributed by atoms with Gasteiger partial charge in [-0.2, -0.15) is 13.2 Å². The molecule has 0 saturated carbocycles. The molecule has 156 valence electrons. The zero-order valence-electron chi connectivity index (χ0n) is 16.9. The highest BCUT2D eigenvalue weighted by Gasteiger charge is 2.31. The highest BCUT2D eigenvalue weighted by Crippen LogP contribution is 2.32. The summed E-state index contributed by atoms with van der Waals surface area (Å²) < 4.78 is 38.9. The van der Waals surface area contributed by atoms with Crippen LogP contribution in [0.25, 0.3) is 0 Å². The Morgan fingerprint density at radius 1 is 1.03 bits per heavy atom. The monoisotopic (exact) mass is 405 g/mol. The number of rotatable bonds is 3. The predicted octanol–water partition coefficient (Wildman–Crippen LogP) is 5.49. The molecular weight excluding hydrogens is 379 g/mol. The number of anilines is 2. The van der Waals surface area contributed by atoms with Gasteiger partial charge in [-0.15, -0.1) is 0 Å². The van der Waals surface area contributed by atoms with E-state index in [4.69, 9.17) is 0 Å². The fourth-order valence-electron chi connectivity index (χ4n) is 3.57. The van der Waals surface area contributed by atoms with Crippen LogP contribution in [0, 0.1) is 6.92 Å². The first-order valence-electron chi connectivity index (χ1n) is 9.74. The fraction of sp³-hybridized carbons (Fsp3) is 0.409. The summed E-state index contributed by atoms with van der Waals surface area (Å²) in [4.78, 5) is 16.4. The Balaban J connectivity index is 1.65. The van der Waals surface area contributed by atoms with Crippen LogP contribution >= 0.6 is 0 Å². The number of nitrogens with one attached hydrogen (secondary N) is 1. The van der Waals surface area contributed by atoms with Crippen LogP contribution in [-0.4, -0.2) is 37.1 Å². The van der Waals surface area contributed by atoms with Crippen LogP contribution in [0.15, 0.2) is 42.5 Å². The number of halogens is 3. The summed E-state index contributed by atoms with van der Waals surface area (Å²) in [6.45, 7) is 8.00. The summed E-state index contributed by atoms with van der Waals surface area (Å²) in [5.41, 5.74) is 2.80. The number of para-hydroxylation sites is 1. The molecule has 2 amide bonds. The van der Waals surface area contributed by atoms with E-state index in [1.165, 1.54) is 6.07 Å². The van der Waals surface area contributed by atoms with Gasteiger partial charge in [-0.1, -0.05) is 38.1 Å². The standard InChI is InChI=1S/C22H26F3N3O/c1-15(2)19-9-4-6-16(3)20(19)26-21(29)28-12-10-27(11-13-28)18-8-5-7-17(14-18)22(23,24)25/h4-9,14-15H,10-13H2,1-3H3,(H,26,29). The van der Waals surface area contributed by atoms with Gasteiger partial charge in [0, 0.05) is 37.6 Å². The molecule has 7 heteroatoms. The first kappa shape index (κ1) is 21.0. The van der Waals surface area contributed by atoms with Crippen molar-refractivity contribution in [1.29, 1.82) is 0 Å². The lowest BCUT2D eigenvalue weighted by molar-refractivity contribution is -0.137.